The second-order valence-corrected chi connectivity index (χ2v) is 6.56. The SMILES string of the molecule is C[C@H](NC(=O)c1cc(-c2ccc(F)cc2)nc2ccccc12)c1cccnc1. The average molecular weight is 371 g/mol. The number of carbonyl (C=O) groups excluding carboxylic acids is 1. The molecule has 0 fully saturated rings. The molecule has 0 spiro atoms. The van der Waals surface area contributed by atoms with Crippen LogP contribution < -0.4 is 5.32 Å². The molecule has 1 N–H and O–H groups in total. The highest BCUT2D eigenvalue weighted by molar-refractivity contribution is 6.07. The molecule has 0 aliphatic carbocycles. The minimum atomic E-state index is -0.312. The molecule has 1 atom stereocenters. The van der Waals surface area contributed by atoms with Gasteiger partial charge in [-0.2, -0.15) is 0 Å². The van der Waals surface area contributed by atoms with Gasteiger partial charge < -0.3 is 5.32 Å². The van der Waals surface area contributed by atoms with E-state index < -0.39 is 0 Å². The van der Waals surface area contributed by atoms with Crippen LogP contribution in [0.1, 0.15) is 28.9 Å². The van der Waals surface area contributed by atoms with Crippen LogP contribution in [0.2, 0.25) is 0 Å². The summed E-state index contributed by atoms with van der Waals surface area (Å²) < 4.78 is 13.3. The van der Waals surface area contributed by atoms with Crippen molar-refractivity contribution in [1.82, 2.24) is 15.3 Å². The Kier molecular flexibility index (Phi) is 4.81. The zero-order valence-electron chi connectivity index (χ0n) is 15.3. The van der Waals surface area contributed by atoms with E-state index in [0.29, 0.717) is 16.8 Å². The maximum Gasteiger partial charge on any atom is 0.252 e. The van der Waals surface area contributed by atoms with Crippen molar-refractivity contribution in [3.63, 3.8) is 0 Å². The fraction of sp³-hybridized carbons (Fsp3) is 0.0870. The quantitative estimate of drug-likeness (QED) is 0.554. The Morgan fingerprint density at radius 2 is 1.82 bits per heavy atom. The first-order valence-corrected chi connectivity index (χ1v) is 8.98. The molecule has 0 bridgehead atoms. The molecule has 0 saturated carbocycles. The highest BCUT2D eigenvalue weighted by Gasteiger charge is 2.16. The van der Waals surface area contributed by atoms with E-state index in [0.717, 1.165) is 16.5 Å². The molecule has 28 heavy (non-hydrogen) atoms. The summed E-state index contributed by atoms with van der Waals surface area (Å²) in [6.45, 7) is 1.92. The van der Waals surface area contributed by atoms with Gasteiger partial charge in [-0.15, -0.1) is 0 Å². The normalized spacial score (nSPS) is 11.9. The number of benzene rings is 2. The van der Waals surface area contributed by atoms with Crippen LogP contribution in [-0.4, -0.2) is 15.9 Å². The molecule has 0 aliphatic heterocycles. The van der Waals surface area contributed by atoms with Crippen LogP contribution in [0.4, 0.5) is 4.39 Å². The summed E-state index contributed by atoms with van der Waals surface area (Å²) in [7, 11) is 0. The lowest BCUT2D eigenvalue weighted by atomic mass is 10.0. The standard InChI is InChI=1S/C23H18FN3O/c1-15(17-5-4-12-25-14-17)26-23(28)20-13-22(16-8-10-18(24)11-9-16)27-21-7-3-2-6-19(20)21/h2-15H,1H3,(H,26,28)/t15-/m0/s1. The molecule has 4 rings (SSSR count). The lowest BCUT2D eigenvalue weighted by Gasteiger charge is -2.15. The summed E-state index contributed by atoms with van der Waals surface area (Å²) >= 11 is 0. The van der Waals surface area contributed by atoms with Crippen molar-refractivity contribution in [3.8, 4) is 11.3 Å². The Hall–Kier alpha value is -3.60. The van der Waals surface area contributed by atoms with Crippen molar-refractivity contribution in [3.05, 3.63) is 96.1 Å². The fourth-order valence-electron chi connectivity index (χ4n) is 3.12. The van der Waals surface area contributed by atoms with Crippen molar-refractivity contribution in [1.29, 1.82) is 0 Å². The summed E-state index contributed by atoms with van der Waals surface area (Å²) in [6.07, 6.45) is 3.43. The van der Waals surface area contributed by atoms with Gasteiger partial charge in [-0.3, -0.25) is 9.78 Å². The molecule has 2 aromatic carbocycles. The molecule has 5 heteroatoms. The van der Waals surface area contributed by atoms with Crippen LogP contribution in [0.25, 0.3) is 22.2 Å². The van der Waals surface area contributed by atoms with Crippen LogP contribution in [0.5, 0.6) is 0 Å². The van der Waals surface area contributed by atoms with E-state index in [1.807, 2.05) is 43.3 Å². The summed E-state index contributed by atoms with van der Waals surface area (Å²) in [6, 6.07) is 18.9. The molecule has 2 aromatic heterocycles. The number of hydrogen-bond acceptors (Lipinski definition) is 3. The van der Waals surface area contributed by atoms with Gasteiger partial charge in [-0.25, -0.2) is 9.37 Å². The Morgan fingerprint density at radius 1 is 1.04 bits per heavy atom. The molecule has 4 aromatic rings. The number of fused-ring (bicyclic) bond motifs is 1. The fourth-order valence-corrected chi connectivity index (χ4v) is 3.12. The van der Waals surface area contributed by atoms with E-state index in [-0.39, 0.29) is 17.8 Å². The van der Waals surface area contributed by atoms with Gasteiger partial charge in [-0.1, -0.05) is 24.3 Å². The first-order chi connectivity index (χ1) is 13.6. The molecule has 1 amide bonds. The van der Waals surface area contributed by atoms with Gasteiger partial charge in [0.05, 0.1) is 22.8 Å². The molecule has 138 valence electrons. The minimum absolute atomic E-state index is 0.192. The van der Waals surface area contributed by atoms with Crippen molar-refractivity contribution in [2.75, 3.05) is 0 Å². The van der Waals surface area contributed by atoms with Crippen molar-refractivity contribution < 1.29 is 9.18 Å². The summed E-state index contributed by atoms with van der Waals surface area (Å²) in [5.41, 5.74) is 3.54. The van der Waals surface area contributed by atoms with E-state index in [1.165, 1.54) is 12.1 Å². The average Bonchev–Trinajstić information content (AvgIpc) is 2.74. The number of carbonyl (C=O) groups is 1. The first kappa shape index (κ1) is 17.8. The highest BCUT2D eigenvalue weighted by Crippen LogP contribution is 2.25. The van der Waals surface area contributed by atoms with E-state index in [4.69, 9.17) is 0 Å². The van der Waals surface area contributed by atoms with Gasteiger partial charge in [0.2, 0.25) is 0 Å². The third-order valence-corrected chi connectivity index (χ3v) is 4.63. The van der Waals surface area contributed by atoms with Crippen LogP contribution in [0, 0.1) is 5.82 Å². The topological polar surface area (TPSA) is 54.9 Å². The number of aromatic nitrogens is 2. The van der Waals surface area contributed by atoms with Gasteiger partial charge in [0.15, 0.2) is 0 Å². The number of halogens is 1. The maximum absolute atomic E-state index is 13.3. The van der Waals surface area contributed by atoms with Gasteiger partial charge in [0.25, 0.3) is 5.91 Å². The minimum Gasteiger partial charge on any atom is -0.345 e. The Bertz CT molecular complexity index is 1130. The number of nitrogens with zero attached hydrogens (tertiary/aromatic N) is 2. The number of hydrogen-bond donors (Lipinski definition) is 1. The first-order valence-electron chi connectivity index (χ1n) is 8.98. The molecule has 0 unspecified atom stereocenters. The second-order valence-electron chi connectivity index (χ2n) is 6.56. The van der Waals surface area contributed by atoms with Crippen molar-refractivity contribution in [2.24, 2.45) is 0 Å². The molecular formula is C23H18FN3O. The van der Waals surface area contributed by atoms with Gasteiger partial charge in [-0.05, 0) is 55.0 Å². The number of rotatable bonds is 4. The molecule has 0 aliphatic rings. The maximum atomic E-state index is 13.3. The summed E-state index contributed by atoms with van der Waals surface area (Å²) in [5, 5.41) is 3.79. The monoisotopic (exact) mass is 371 g/mol. The highest BCUT2D eigenvalue weighted by atomic mass is 19.1. The Balaban J connectivity index is 1.74. The van der Waals surface area contributed by atoms with Crippen LogP contribution in [-0.2, 0) is 0 Å². The molecule has 0 radical (unpaired) electrons. The summed E-state index contributed by atoms with van der Waals surface area (Å²) in [4.78, 5) is 21.8. The smallest absolute Gasteiger partial charge is 0.252 e. The Labute approximate surface area is 162 Å². The zero-order valence-corrected chi connectivity index (χ0v) is 15.3. The van der Waals surface area contributed by atoms with Gasteiger partial charge in [0, 0.05) is 23.3 Å². The van der Waals surface area contributed by atoms with Crippen LogP contribution >= 0.6 is 0 Å². The van der Waals surface area contributed by atoms with Gasteiger partial charge in [0.1, 0.15) is 5.82 Å². The van der Waals surface area contributed by atoms with Crippen LogP contribution in [0.15, 0.2) is 79.1 Å². The lowest BCUT2D eigenvalue weighted by Crippen LogP contribution is -2.27. The van der Waals surface area contributed by atoms with E-state index in [9.17, 15) is 9.18 Å². The van der Waals surface area contributed by atoms with Gasteiger partial charge >= 0.3 is 0 Å². The van der Waals surface area contributed by atoms with Crippen molar-refractivity contribution >= 4 is 16.8 Å². The number of nitrogens with one attached hydrogen (secondary N) is 1. The van der Waals surface area contributed by atoms with E-state index in [1.54, 1.807) is 30.6 Å². The predicted octanol–water partition coefficient (Wildman–Crippen LogP) is 4.93. The van der Waals surface area contributed by atoms with Crippen molar-refractivity contribution in [2.45, 2.75) is 13.0 Å². The zero-order chi connectivity index (χ0) is 19.5. The van der Waals surface area contributed by atoms with E-state index >= 15 is 0 Å². The number of para-hydroxylation sites is 1. The second kappa shape index (κ2) is 7.56. The van der Waals surface area contributed by atoms with Crippen LogP contribution in [0.3, 0.4) is 0 Å². The number of amides is 1. The third kappa shape index (κ3) is 3.60. The molecule has 2 heterocycles. The van der Waals surface area contributed by atoms with E-state index in [2.05, 4.69) is 15.3 Å². The summed E-state index contributed by atoms with van der Waals surface area (Å²) in [5.74, 6) is -0.508. The molecule has 0 saturated heterocycles. The number of pyridine rings is 2. The lowest BCUT2D eigenvalue weighted by molar-refractivity contribution is 0.0941. The predicted molar refractivity (Wildman–Crippen MR) is 107 cm³/mol. The third-order valence-electron chi connectivity index (χ3n) is 4.63. The molecular weight excluding hydrogens is 353 g/mol. The largest absolute Gasteiger partial charge is 0.345 e. The molecule has 4 nitrogen and oxygen atoms in total. The Morgan fingerprint density at radius 3 is 2.57 bits per heavy atom.